The predicted molar refractivity (Wildman–Crippen MR) is 55.9 cm³/mol. The Hall–Kier alpha value is -1.11. The Morgan fingerprint density at radius 2 is 2.00 bits per heavy atom. The number of epoxide rings is 1. The lowest BCUT2D eigenvalue weighted by atomic mass is 10.3. The van der Waals surface area contributed by atoms with E-state index in [0.29, 0.717) is 12.4 Å². The minimum Gasteiger partial charge on any atom is -0.497 e. The molecule has 1 saturated heterocycles. The highest BCUT2D eigenvalue weighted by Crippen LogP contribution is 2.19. The summed E-state index contributed by atoms with van der Waals surface area (Å²) >= 11 is 0. The number of ether oxygens (including phenoxy) is 2. The number of hydrogen-bond donors (Lipinski definition) is 0. The van der Waals surface area contributed by atoms with Gasteiger partial charge in [0.15, 0.2) is 0 Å². The van der Waals surface area contributed by atoms with Gasteiger partial charge in [0.2, 0.25) is 0 Å². The van der Waals surface area contributed by atoms with Gasteiger partial charge in [-0.25, -0.2) is 0 Å². The van der Waals surface area contributed by atoms with Crippen LogP contribution < -0.4 is 4.74 Å². The van der Waals surface area contributed by atoms with Crippen LogP contribution in [-0.2, 0) is 19.0 Å². The van der Waals surface area contributed by atoms with Gasteiger partial charge in [-0.1, -0.05) is 0 Å². The highest BCUT2D eigenvalue weighted by Gasteiger charge is 2.26. The molecule has 1 aliphatic heterocycles. The van der Waals surface area contributed by atoms with E-state index in [1.165, 1.54) is 19.2 Å². The largest absolute Gasteiger partial charge is 0.497 e. The van der Waals surface area contributed by atoms with Crippen molar-refractivity contribution in [2.24, 2.45) is 0 Å². The fraction of sp³-hybridized carbons (Fsp3) is 0.400. The molecule has 16 heavy (non-hydrogen) atoms. The number of methoxy groups -OCH3 is 1. The SMILES string of the molecule is COc1ccc(S(=O)(=O)OCC2CO2)cc1. The third-order valence-electron chi connectivity index (χ3n) is 2.16. The molecule has 1 aromatic carbocycles. The van der Waals surface area contributed by atoms with Gasteiger partial charge >= 0.3 is 0 Å². The molecule has 2 rings (SSSR count). The van der Waals surface area contributed by atoms with Gasteiger partial charge in [0.1, 0.15) is 11.9 Å². The average Bonchev–Trinajstić information content (AvgIpc) is 3.10. The lowest BCUT2D eigenvalue weighted by Gasteiger charge is -2.05. The molecule has 0 N–H and O–H groups in total. The normalized spacial score (nSPS) is 19.4. The first kappa shape index (κ1) is 11.4. The second-order valence-corrected chi connectivity index (χ2v) is 4.98. The molecule has 1 heterocycles. The topological polar surface area (TPSA) is 65.1 Å². The molecular weight excluding hydrogens is 232 g/mol. The lowest BCUT2D eigenvalue weighted by Crippen LogP contribution is -2.10. The molecule has 88 valence electrons. The van der Waals surface area contributed by atoms with Gasteiger partial charge in [0, 0.05) is 0 Å². The zero-order chi connectivity index (χ0) is 11.6. The molecule has 1 atom stereocenters. The van der Waals surface area contributed by atoms with E-state index in [0.717, 1.165) is 0 Å². The standard InChI is InChI=1S/C10H12O5S/c1-13-8-2-4-10(5-3-8)16(11,12)15-7-9-6-14-9/h2-5,9H,6-7H2,1H3. The third kappa shape index (κ3) is 2.72. The Morgan fingerprint density at radius 1 is 1.38 bits per heavy atom. The van der Waals surface area contributed by atoms with Crippen LogP contribution in [0.5, 0.6) is 5.75 Å². The van der Waals surface area contributed by atoms with Crippen LogP contribution in [0.2, 0.25) is 0 Å². The number of rotatable bonds is 5. The summed E-state index contributed by atoms with van der Waals surface area (Å²) in [7, 11) is -2.16. The maximum Gasteiger partial charge on any atom is 0.297 e. The van der Waals surface area contributed by atoms with Gasteiger partial charge in [0.05, 0.1) is 25.2 Å². The Balaban J connectivity index is 2.07. The van der Waals surface area contributed by atoms with Gasteiger partial charge < -0.3 is 9.47 Å². The van der Waals surface area contributed by atoms with E-state index in [-0.39, 0.29) is 17.6 Å². The maximum absolute atomic E-state index is 11.6. The summed E-state index contributed by atoms with van der Waals surface area (Å²) in [5.74, 6) is 0.601. The zero-order valence-corrected chi connectivity index (χ0v) is 9.57. The molecular formula is C10H12O5S. The number of benzene rings is 1. The van der Waals surface area contributed by atoms with Crippen LogP contribution in [-0.4, -0.2) is 34.8 Å². The second kappa shape index (κ2) is 4.40. The van der Waals surface area contributed by atoms with Crippen molar-refractivity contribution < 1.29 is 22.1 Å². The summed E-state index contributed by atoms with van der Waals surface area (Å²) in [5, 5.41) is 0. The van der Waals surface area contributed by atoms with Gasteiger partial charge in [-0.15, -0.1) is 0 Å². The molecule has 1 aliphatic rings. The Labute approximate surface area is 94.1 Å². The summed E-state index contributed by atoms with van der Waals surface area (Å²) in [6.45, 7) is 0.645. The predicted octanol–water partition coefficient (Wildman–Crippen LogP) is 0.799. The Kier molecular flexibility index (Phi) is 3.13. The van der Waals surface area contributed by atoms with Crippen molar-refractivity contribution in [1.82, 2.24) is 0 Å². The van der Waals surface area contributed by atoms with Gasteiger partial charge in [-0.2, -0.15) is 8.42 Å². The zero-order valence-electron chi connectivity index (χ0n) is 8.75. The van der Waals surface area contributed by atoms with E-state index in [1.807, 2.05) is 0 Å². The van der Waals surface area contributed by atoms with E-state index >= 15 is 0 Å². The van der Waals surface area contributed by atoms with Crippen LogP contribution in [0.1, 0.15) is 0 Å². The van der Waals surface area contributed by atoms with Crippen molar-refractivity contribution >= 4 is 10.1 Å². The molecule has 0 bridgehead atoms. The second-order valence-electron chi connectivity index (χ2n) is 3.37. The first-order chi connectivity index (χ1) is 7.62. The van der Waals surface area contributed by atoms with Crippen LogP contribution in [0.15, 0.2) is 29.2 Å². The minimum atomic E-state index is -3.68. The van der Waals surface area contributed by atoms with Crippen molar-refractivity contribution in [2.45, 2.75) is 11.0 Å². The highest BCUT2D eigenvalue weighted by atomic mass is 32.2. The minimum absolute atomic E-state index is 0.0759. The summed E-state index contributed by atoms with van der Waals surface area (Å²) in [4.78, 5) is 0.119. The quantitative estimate of drug-likeness (QED) is 0.566. The molecule has 0 radical (unpaired) electrons. The van der Waals surface area contributed by atoms with Crippen LogP contribution in [0.25, 0.3) is 0 Å². The summed E-state index contributed by atoms with van der Waals surface area (Å²) in [5.41, 5.74) is 0. The van der Waals surface area contributed by atoms with E-state index in [1.54, 1.807) is 12.1 Å². The molecule has 0 aromatic heterocycles. The van der Waals surface area contributed by atoms with Crippen molar-refractivity contribution in [1.29, 1.82) is 0 Å². The lowest BCUT2D eigenvalue weighted by molar-refractivity contribution is 0.266. The first-order valence-corrected chi connectivity index (χ1v) is 6.18. The van der Waals surface area contributed by atoms with E-state index in [9.17, 15) is 8.42 Å². The molecule has 0 saturated carbocycles. The van der Waals surface area contributed by atoms with Crippen molar-refractivity contribution in [3.63, 3.8) is 0 Å². The molecule has 0 spiro atoms. The molecule has 1 unspecified atom stereocenters. The van der Waals surface area contributed by atoms with E-state index in [4.69, 9.17) is 13.7 Å². The Morgan fingerprint density at radius 3 is 2.50 bits per heavy atom. The first-order valence-electron chi connectivity index (χ1n) is 4.77. The molecule has 0 amide bonds. The van der Waals surface area contributed by atoms with Gasteiger partial charge in [-0.3, -0.25) is 4.18 Å². The fourth-order valence-electron chi connectivity index (χ4n) is 1.14. The van der Waals surface area contributed by atoms with Crippen LogP contribution in [0.3, 0.4) is 0 Å². The molecule has 1 fully saturated rings. The van der Waals surface area contributed by atoms with Crippen molar-refractivity contribution in [2.75, 3.05) is 20.3 Å². The van der Waals surface area contributed by atoms with Gasteiger partial charge in [0.25, 0.3) is 10.1 Å². The summed E-state index contributed by atoms with van der Waals surface area (Å²) in [6, 6.07) is 6.04. The van der Waals surface area contributed by atoms with Gasteiger partial charge in [-0.05, 0) is 24.3 Å². The fourth-order valence-corrected chi connectivity index (χ4v) is 2.08. The van der Waals surface area contributed by atoms with Crippen LogP contribution in [0, 0.1) is 0 Å². The average molecular weight is 244 g/mol. The number of hydrogen-bond acceptors (Lipinski definition) is 5. The van der Waals surface area contributed by atoms with E-state index in [2.05, 4.69) is 0 Å². The van der Waals surface area contributed by atoms with Crippen molar-refractivity contribution in [3.8, 4) is 5.75 Å². The van der Waals surface area contributed by atoms with Crippen LogP contribution >= 0.6 is 0 Å². The molecule has 6 heteroatoms. The monoisotopic (exact) mass is 244 g/mol. The molecule has 1 aromatic rings. The Bertz CT molecular complexity index is 447. The maximum atomic E-state index is 11.6. The third-order valence-corrected chi connectivity index (χ3v) is 3.46. The van der Waals surface area contributed by atoms with E-state index < -0.39 is 10.1 Å². The summed E-state index contributed by atoms with van der Waals surface area (Å²) in [6.07, 6.45) is -0.0759. The van der Waals surface area contributed by atoms with Crippen molar-refractivity contribution in [3.05, 3.63) is 24.3 Å². The summed E-state index contributed by atoms with van der Waals surface area (Å²) < 4.78 is 37.9. The van der Waals surface area contributed by atoms with Crippen LogP contribution in [0.4, 0.5) is 0 Å². The smallest absolute Gasteiger partial charge is 0.297 e. The molecule has 0 aliphatic carbocycles. The highest BCUT2D eigenvalue weighted by molar-refractivity contribution is 7.86. The molecule has 5 nitrogen and oxygen atoms in total.